The van der Waals surface area contributed by atoms with Gasteiger partial charge >= 0.3 is 11.9 Å². The van der Waals surface area contributed by atoms with Gasteiger partial charge in [-0.15, -0.1) is 0 Å². The van der Waals surface area contributed by atoms with E-state index >= 15 is 0 Å². The third kappa shape index (κ3) is 4.95. The fourth-order valence-corrected chi connectivity index (χ4v) is 3.26. The number of carboxylic acid groups (broad SMARTS) is 1. The number of esters is 1. The van der Waals surface area contributed by atoms with E-state index in [1.54, 1.807) is 11.5 Å². The van der Waals surface area contributed by atoms with Crippen LogP contribution in [0.5, 0.6) is 0 Å². The van der Waals surface area contributed by atoms with Crippen molar-refractivity contribution in [1.29, 1.82) is 0 Å². The minimum atomic E-state index is -0.984. The van der Waals surface area contributed by atoms with Crippen molar-refractivity contribution in [2.45, 2.75) is 37.9 Å². The number of carbonyl (C=O) groups excluding carboxylic acids is 1. The number of carbonyl (C=O) groups is 2. The Kier molecular flexibility index (Phi) is 6.60. The number of aliphatic carboxylic acids is 1. The maximum atomic E-state index is 13.3. The molecular weight excluding hydrogens is 335 g/mol. The van der Waals surface area contributed by atoms with Crippen LogP contribution in [0.25, 0.3) is 11.0 Å². The minimum Gasteiger partial charge on any atom is -0.480 e. The average Bonchev–Trinajstić information content (AvgIpc) is 2.83. The number of hydrogen-bond acceptors (Lipinski definition) is 5. The molecule has 2 rings (SSSR count). The minimum absolute atomic E-state index is 0.212. The molecule has 24 heavy (non-hydrogen) atoms. The van der Waals surface area contributed by atoms with Gasteiger partial charge in [0.2, 0.25) is 0 Å². The van der Waals surface area contributed by atoms with Crippen molar-refractivity contribution in [3.8, 4) is 0 Å². The highest BCUT2D eigenvalue weighted by molar-refractivity contribution is 7.99. The van der Waals surface area contributed by atoms with E-state index in [0.29, 0.717) is 41.4 Å². The summed E-state index contributed by atoms with van der Waals surface area (Å²) in [5.41, 5.74) is 1.03. The number of halogens is 1. The van der Waals surface area contributed by atoms with Gasteiger partial charge in [0.1, 0.15) is 12.4 Å². The van der Waals surface area contributed by atoms with Crippen molar-refractivity contribution in [3.05, 3.63) is 24.0 Å². The van der Waals surface area contributed by atoms with Crippen LogP contribution in [0.2, 0.25) is 0 Å². The maximum Gasteiger partial charge on any atom is 0.323 e. The van der Waals surface area contributed by atoms with E-state index in [1.165, 1.54) is 30.0 Å². The summed E-state index contributed by atoms with van der Waals surface area (Å²) >= 11 is 1.40. The van der Waals surface area contributed by atoms with Crippen molar-refractivity contribution in [1.82, 2.24) is 9.55 Å². The molecule has 0 saturated heterocycles. The lowest BCUT2D eigenvalue weighted by atomic mass is 10.2. The van der Waals surface area contributed by atoms with Crippen molar-refractivity contribution in [2.75, 3.05) is 12.4 Å². The fraction of sp³-hybridized carbons (Fsp3) is 0.438. The summed E-state index contributed by atoms with van der Waals surface area (Å²) in [5.74, 6) is -0.919. The number of fused-ring (bicyclic) bond motifs is 1. The number of ether oxygens (including phenoxy) is 1. The Morgan fingerprint density at radius 1 is 1.38 bits per heavy atom. The van der Waals surface area contributed by atoms with Crippen LogP contribution in [0, 0.1) is 5.82 Å². The van der Waals surface area contributed by atoms with E-state index in [9.17, 15) is 14.0 Å². The second-order valence-electron chi connectivity index (χ2n) is 5.12. The summed E-state index contributed by atoms with van der Waals surface area (Å²) in [6.45, 7) is 1.92. The van der Waals surface area contributed by atoms with E-state index in [2.05, 4.69) is 4.98 Å². The van der Waals surface area contributed by atoms with Crippen LogP contribution >= 0.6 is 11.8 Å². The van der Waals surface area contributed by atoms with Crippen LogP contribution in [0.1, 0.15) is 26.2 Å². The Hall–Kier alpha value is -2.09. The van der Waals surface area contributed by atoms with Crippen LogP contribution in [-0.2, 0) is 20.9 Å². The van der Waals surface area contributed by atoms with E-state index < -0.39 is 11.8 Å². The van der Waals surface area contributed by atoms with Gasteiger partial charge in [0.05, 0.1) is 17.6 Å². The van der Waals surface area contributed by atoms with Gasteiger partial charge in [-0.2, -0.15) is 0 Å². The normalized spacial score (nSPS) is 10.9. The highest BCUT2D eigenvalue weighted by Gasteiger charge is 2.14. The first-order chi connectivity index (χ1) is 11.5. The summed E-state index contributed by atoms with van der Waals surface area (Å²) in [4.78, 5) is 26.6. The lowest BCUT2D eigenvalue weighted by molar-refractivity contribution is -0.143. The number of rotatable bonds is 9. The summed E-state index contributed by atoms with van der Waals surface area (Å²) in [7, 11) is 0. The highest BCUT2D eigenvalue weighted by Crippen LogP contribution is 2.25. The molecule has 0 spiro atoms. The van der Waals surface area contributed by atoms with Crippen LogP contribution in [0.4, 0.5) is 4.39 Å². The van der Waals surface area contributed by atoms with Gasteiger partial charge in [0, 0.05) is 18.2 Å². The zero-order chi connectivity index (χ0) is 17.5. The molecule has 1 N–H and O–H groups in total. The SMILES string of the molecule is CCOC(=O)CCCCSc1nc2cc(F)ccc2n1CC(=O)O. The van der Waals surface area contributed by atoms with Gasteiger partial charge in [-0.05, 0) is 31.9 Å². The van der Waals surface area contributed by atoms with Crippen molar-refractivity contribution < 1.29 is 23.8 Å². The number of benzene rings is 1. The first-order valence-corrected chi connectivity index (χ1v) is 8.65. The topological polar surface area (TPSA) is 81.4 Å². The Morgan fingerprint density at radius 2 is 2.17 bits per heavy atom. The number of imidazole rings is 1. The number of thioether (sulfide) groups is 1. The predicted octanol–water partition coefficient (Wildman–Crippen LogP) is 3.09. The van der Waals surface area contributed by atoms with Gasteiger partial charge in [-0.25, -0.2) is 9.37 Å². The molecule has 0 saturated carbocycles. The van der Waals surface area contributed by atoms with Crippen molar-refractivity contribution in [3.63, 3.8) is 0 Å². The fourth-order valence-electron chi connectivity index (χ4n) is 2.25. The molecule has 1 heterocycles. The third-order valence-electron chi connectivity index (χ3n) is 3.28. The molecule has 0 radical (unpaired) electrons. The molecule has 0 aliphatic rings. The van der Waals surface area contributed by atoms with Crippen LogP contribution in [-0.4, -0.2) is 39.0 Å². The zero-order valence-corrected chi connectivity index (χ0v) is 14.1. The summed E-state index contributed by atoms with van der Waals surface area (Å²) < 4.78 is 19.7. The zero-order valence-electron chi connectivity index (χ0n) is 13.3. The van der Waals surface area contributed by atoms with E-state index in [1.807, 2.05) is 0 Å². The van der Waals surface area contributed by atoms with E-state index in [-0.39, 0.29) is 12.5 Å². The van der Waals surface area contributed by atoms with Crippen molar-refractivity contribution >= 4 is 34.7 Å². The van der Waals surface area contributed by atoms with Gasteiger partial charge in [0.25, 0.3) is 0 Å². The molecule has 0 atom stereocenters. The quantitative estimate of drug-likeness (QED) is 0.423. The molecule has 0 unspecified atom stereocenters. The number of aromatic nitrogens is 2. The molecule has 0 bridgehead atoms. The molecule has 0 aliphatic heterocycles. The Balaban J connectivity index is 1.99. The van der Waals surface area contributed by atoms with Gasteiger partial charge < -0.3 is 14.4 Å². The number of carboxylic acids is 1. The van der Waals surface area contributed by atoms with Crippen LogP contribution in [0.15, 0.2) is 23.4 Å². The molecule has 8 heteroatoms. The third-order valence-corrected chi connectivity index (χ3v) is 4.34. The first-order valence-electron chi connectivity index (χ1n) is 7.67. The molecule has 0 fully saturated rings. The van der Waals surface area contributed by atoms with Gasteiger partial charge in [-0.1, -0.05) is 11.8 Å². The van der Waals surface area contributed by atoms with Gasteiger partial charge in [-0.3, -0.25) is 9.59 Å². The standard InChI is InChI=1S/C16H19FN2O4S/c1-2-23-15(22)5-3-4-8-24-16-18-12-9-11(17)6-7-13(12)19(16)10-14(20)21/h6-7,9H,2-5,8,10H2,1H3,(H,20,21). The van der Waals surface area contributed by atoms with Gasteiger partial charge in [0.15, 0.2) is 5.16 Å². The summed E-state index contributed by atoms with van der Waals surface area (Å²) in [5, 5.41) is 9.60. The van der Waals surface area contributed by atoms with Crippen LogP contribution < -0.4 is 0 Å². The van der Waals surface area contributed by atoms with Crippen LogP contribution in [0.3, 0.4) is 0 Å². The lowest BCUT2D eigenvalue weighted by Crippen LogP contribution is -2.09. The highest BCUT2D eigenvalue weighted by atomic mass is 32.2. The molecule has 0 aliphatic carbocycles. The Morgan fingerprint density at radius 3 is 2.88 bits per heavy atom. The summed E-state index contributed by atoms with van der Waals surface area (Å²) in [6, 6.07) is 4.11. The smallest absolute Gasteiger partial charge is 0.323 e. The Labute approximate surface area is 143 Å². The Bertz CT molecular complexity index is 732. The summed E-state index contributed by atoms with van der Waals surface area (Å²) in [6.07, 6.45) is 1.83. The second-order valence-corrected chi connectivity index (χ2v) is 6.18. The molecule has 6 nitrogen and oxygen atoms in total. The van der Waals surface area contributed by atoms with Crippen molar-refractivity contribution in [2.24, 2.45) is 0 Å². The molecule has 2 aromatic rings. The first kappa shape index (κ1) is 18.3. The van der Waals surface area contributed by atoms with E-state index in [0.717, 1.165) is 6.42 Å². The lowest BCUT2D eigenvalue weighted by Gasteiger charge is -2.06. The predicted molar refractivity (Wildman–Crippen MR) is 88.5 cm³/mol. The second kappa shape index (κ2) is 8.68. The number of hydrogen-bond donors (Lipinski definition) is 1. The monoisotopic (exact) mass is 354 g/mol. The molecule has 130 valence electrons. The molecule has 0 amide bonds. The number of unbranched alkanes of at least 4 members (excludes halogenated alkanes) is 1. The van der Waals surface area contributed by atoms with E-state index in [4.69, 9.17) is 9.84 Å². The molecule has 1 aromatic heterocycles. The number of nitrogens with zero attached hydrogens (tertiary/aromatic N) is 2. The maximum absolute atomic E-state index is 13.3. The molecule has 1 aromatic carbocycles. The molecular formula is C16H19FN2O4S. The largest absolute Gasteiger partial charge is 0.480 e. The average molecular weight is 354 g/mol.